The third kappa shape index (κ3) is 1.99. The molecular formula is C10H19NO. The average molecular weight is 169 g/mol. The summed E-state index contributed by atoms with van der Waals surface area (Å²) in [6, 6.07) is 0. The fraction of sp³-hybridized carbons (Fsp3) is 1.00. The molecule has 1 saturated carbocycles. The molecule has 0 radical (unpaired) electrons. The molecule has 2 aliphatic rings. The molecule has 2 nitrogen and oxygen atoms in total. The van der Waals surface area contributed by atoms with E-state index in [1.54, 1.807) is 0 Å². The summed E-state index contributed by atoms with van der Waals surface area (Å²) >= 11 is 0. The molecule has 1 heterocycles. The number of nitrogens with zero attached hydrogens (tertiary/aromatic N) is 1. The summed E-state index contributed by atoms with van der Waals surface area (Å²) in [5.41, 5.74) is -0.298. The fourth-order valence-electron chi connectivity index (χ4n) is 2.10. The Hall–Kier alpha value is -0.0800. The lowest BCUT2D eigenvalue weighted by Crippen LogP contribution is -2.42. The fourth-order valence-corrected chi connectivity index (χ4v) is 2.10. The van der Waals surface area contributed by atoms with Crippen LogP contribution in [0.1, 0.15) is 32.1 Å². The highest BCUT2D eigenvalue weighted by atomic mass is 16.3. The van der Waals surface area contributed by atoms with Crippen LogP contribution in [0.3, 0.4) is 0 Å². The van der Waals surface area contributed by atoms with Crippen molar-refractivity contribution in [3.8, 4) is 0 Å². The Kier molecular flexibility index (Phi) is 2.13. The van der Waals surface area contributed by atoms with E-state index in [0.29, 0.717) is 0 Å². The van der Waals surface area contributed by atoms with Gasteiger partial charge in [0.2, 0.25) is 0 Å². The van der Waals surface area contributed by atoms with Crippen LogP contribution in [0, 0.1) is 5.92 Å². The van der Waals surface area contributed by atoms with Crippen LogP contribution in [-0.4, -0.2) is 35.7 Å². The molecule has 1 aliphatic carbocycles. The second-order valence-electron chi connectivity index (χ2n) is 4.68. The standard InChI is InChI=1S/C10H19NO/c1-11-6-4-10(12,5-7-11)8-9-2-3-9/h9,12H,2-8H2,1H3. The first-order chi connectivity index (χ1) is 5.68. The summed E-state index contributed by atoms with van der Waals surface area (Å²) in [5.74, 6) is 0.860. The molecule has 12 heavy (non-hydrogen) atoms. The molecule has 0 aromatic rings. The van der Waals surface area contributed by atoms with E-state index in [2.05, 4.69) is 11.9 Å². The van der Waals surface area contributed by atoms with Gasteiger partial charge in [-0.2, -0.15) is 0 Å². The van der Waals surface area contributed by atoms with Crippen molar-refractivity contribution in [2.24, 2.45) is 5.92 Å². The zero-order valence-corrected chi connectivity index (χ0v) is 7.92. The van der Waals surface area contributed by atoms with Gasteiger partial charge in [-0.1, -0.05) is 12.8 Å². The van der Waals surface area contributed by atoms with Gasteiger partial charge in [-0.05, 0) is 32.2 Å². The van der Waals surface area contributed by atoms with E-state index in [0.717, 1.165) is 38.3 Å². The monoisotopic (exact) mass is 169 g/mol. The molecule has 1 saturated heterocycles. The van der Waals surface area contributed by atoms with Gasteiger partial charge in [-0.15, -0.1) is 0 Å². The van der Waals surface area contributed by atoms with Crippen molar-refractivity contribution in [3.05, 3.63) is 0 Å². The van der Waals surface area contributed by atoms with Crippen LogP contribution >= 0.6 is 0 Å². The number of piperidine rings is 1. The quantitative estimate of drug-likeness (QED) is 0.672. The van der Waals surface area contributed by atoms with Crippen LogP contribution < -0.4 is 0 Å². The topological polar surface area (TPSA) is 23.5 Å². The van der Waals surface area contributed by atoms with Crippen LogP contribution in [0.4, 0.5) is 0 Å². The Labute approximate surface area is 74.6 Å². The van der Waals surface area contributed by atoms with Crippen molar-refractivity contribution in [3.63, 3.8) is 0 Å². The van der Waals surface area contributed by atoms with E-state index in [9.17, 15) is 5.11 Å². The summed E-state index contributed by atoms with van der Waals surface area (Å²) < 4.78 is 0. The maximum absolute atomic E-state index is 10.2. The Morgan fingerprint density at radius 3 is 2.42 bits per heavy atom. The molecule has 0 bridgehead atoms. The molecule has 1 N–H and O–H groups in total. The SMILES string of the molecule is CN1CCC(O)(CC2CC2)CC1. The van der Waals surface area contributed by atoms with Crippen LogP contribution in [0.15, 0.2) is 0 Å². The van der Waals surface area contributed by atoms with E-state index in [-0.39, 0.29) is 5.60 Å². The Morgan fingerprint density at radius 2 is 1.92 bits per heavy atom. The van der Waals surface area contributed by atoms with Gasteiger partial charge in [0.15, 0.2) is 0 Å². The minimum absolute atomic E-state index is 0.298. The van der Waals surface area contributed by atoms with Gasteiger partial charge in [0.25, 0.3) is 0 Å². The Balaban J connectivity index is 1.83. The minimum Gasteiger partial charge on any atom is -0.390 e. The molecule has 2 rings (SSSR count). The van der Waals surface area contributed by atoms with E-state index in [4.69, 9.17) is 0 Å². The predicted octanol–water partition coefficient (Wildman–Crippen LogP) is 1.24. The molecule has 0 spiro atoms. The van der Waals surface area contributed by atoms with Crippen LogP contribution in [0.2, 0.25) is 0 Å². The molecule has 0 aromatic heterocycles. The predicted molar refractivity (Wildman–Crippen MR) is 49.0 cm³/mol. The summed E-state index contributed by atoms with van der Waals surface area (Å²) in [6.45, 7) is 2.15. The highest BCUT2D eigenvalue weighted by Gasteiger charge is 2.36. The van der Waals surface area contributed by atoms with Gasteiger partial charge in [-0.3, -0.25) is 0 Å². The first kappa shape index (κ1) is 8.52. The van der Waals surface area contributed by atoms with Crippen LogP contribution in [0.5, 0.6) is 0 Å². The lowest BCUT2D eigenvalue weighted by Gasteiger charge is -2.36. The summed E-state index contributed by atoms with van der Waals surface area (Å²) in [7, 11) is 2.14. The molecular weight excluding hydrogens is 150 g/mol. The molecule has 0 aromatic carbocycles. The van der Waals surface area contributed by atoms with E-state index in [1.165, 1.54) is 12.8 Å². The first-order valence-electron chi connectivity index (χ1n) is 5.09. The maximum atomic E-state index is 10.2. The highest BCUT2D eigenvalue weighted by molar-refractivity contribution is 4.90. The molecule has 1 aliphatic heterocycles. The number of hydrogen-bond acceptors (Lipinski definition) is 2. The van der Waals surface area contributed by atoms with Gasteiger partial charge in [0.1, 0.15) is 0 Å². The zero-order valence-electron chi connectivity index (χ0n) is 7.92. The molecule has 0 amide bonds. The Morgan fingerprint density at radius 1 is 1.33 bits per heavy atom. The average Bonchev–Trinajstić information content (AvgIpc) is 2.80. The van der Waals surface area contributed by atoms with Crippen molar-refractivity contribution < 1.29 is 5.11 Å². The van der Waals surface area contributed by atoms with Gasteiger partial charge >= 0.3 is 0 Å². The summed E-state index contributed by atoms with van der Waals surface area (Å²) in [4.78, 5) is 2.31. The van der Waals surface area contributed by atoms with Crippen molar-refractivity contribution in [2.75, 3.05) is 20.1 Å². The van der Waals surface area contributed by atoms with Gasteiger partial charge < -0.3 is 10.0 Å². The van der Waals surface area contributed by atoms with E-state index in [1.807, 2.05) is 0 Å². The van der Waals surface area contributed by atoms with Crippen LogP contribution in [-0.2, 0) is 0 Å². The molecule has 0 atom stereocenters. The van der Waals surface area contributed by atoms with Gasteiger partial charge in [-0.25, -0.2) is 0 Å². The van der Waals surface area contributed by atoms with E-state index < -0.39 is 0 Å². The van der Waals surface area contributed by atoms with Crippen molar-refractivity contribution in [1.82, 2.24) is 4.90 Å². The molecule has 70 valence electrons. The second-order valence-corrected chi connectivity index (χ2v) is 4.68. The molecule has 2 heteroatoms. The summed E-state index contributed by atoms with van der Waals surface area (Å²) in [6.07, 6.45) is 5.76. The first-order valence-corrected chi connectivity index (χ1v) is 5.09. The Bertz CT molecular complexity index is 157. The largest absolute Gasteiger partial charge is 0.390 e. The zero-order chi connectivity index (χ0) is 8.60. The number of hydrogen-bond donors (Lipinski definition) is 1. The maximum Gasteiger partial charge on any atom is 0.0674 e. The van der Waals surface area contributed by atoms with Gasteiger partial charge in [0.05, 0.1) is 5.60 Å². The second kappa shape index (κ2) is 3.00. The smallest absolute Gasteiger partial charge is 0.0674 e. The third-order valence-corrected chi connectivity index (χ3v) is 3.28. The van der Waals surface area contributed by atoms with Crippen molar-refractivity contribution >= 4 is 0 Å². The number of aliphatic hydroxyl groups is 1. The van der Waals surface area contributed by atoms with Crippen molar-refractivity contribution in [1.29, 1.82) is 0 Å². The normalized spacial score (nSPS) is 30.5. The number of likely N-dealkylation sites (tertiary alicyclic amines) is 1. The molecule has 0 unspecified atom stereocenters. The summed E-state index contributed by atoms with van der Waals surface area (Å²) in [5, 5.41) is 10.2. The highest BCUT2D eigenvalue weighted by Crippen LogP contribution is 2.40. The van der Waals surface area contributed by atoms with E-state index >= 15 is 0 Å². The van der Waals surface area contributed by atoms with Crippen molar-refractivity contribution in [2.45, 2.75) is 37.7 Å². The number of rotatable bonds is 2. The molecule has 2 fully saturated rings. The lowest BCUT2D eigenvalue weighted by atomic mass is 9.86. The third-order valence-electron chi connectivity index (χ3n) is 3.28. The van der Waals surface area contributed by atoms with Gasteiger partial charge in [0, 0.05) is 13.1 Å². The van der Waals surface area contributed by atoms with Crippen LogP contribution in [0.25, 0.3) is 0 Å². The lowest BCUT2D eigenvalue weighted by molar-refractivity contribution is -0.0264. The minimum atomic E-state index is -0.298.